The van der Waals surface area contributed by atoms with Crippen LogP contribution in [0.25, 0.3) is 0 Å². The van der Waals surface area contributed by atoms with Gasteiger partial charge in [-0.1, -0.05) is 51.1 Å². The van der Waals surface area contributed by atoms with Crippen LogP contribution < -0.4 is 0 Å². The zero-order valence-electron chi connectivity index (χ0n) is 15.6. The van der Waals surface area contributed by atoms with E-state index in [4.69, 9.17) is 4.43 Å². The molecule has 0 aromatic heterocycles. The van der Waals surface area contributed by atoms with Gasteiger partial charge in [0.05, 0.1) is 12.5 Å². The lowest BCUT2D eigenvalue weighted by Gasteiger charge is -2.36. The first-order chi connectivity index (χ1) is 11.7. The van der Waals surface area contributed by atoms with E-state index in [1.807, 2.05) is 0 Å². The first kappa shape index (κ1) is 22.4. The van der Waals surface area contributed by atoms with Crippen LogP contribution in [-0.2, 0) is 9.22 Å². The summed E-state index contributed by atoms with van der Waals surface area (Å²) in [5.74, 6) is -6.67. The van der Waals surface area contributed by atoms with Crippen LogP contribution in [0.15, 0.2) is 30.3 Å². The van der Waals surface area contributed by atoms with E-state index in [0.29, 0.717) is 0 Å². The maximum Gasteiger partial charge on any atom is 0.363 e. The zero-order valence-corrected chi connectivity index (χ0v) is 16.6. The van der Waals surface area contributed by atoms with Crippen molar-refractivity contribution in [1.29, 1.82) is 0 Å². The van der Waals surface area contributed by atoms with Gasteiger partial charge in [-0.2, -0.15) is 8.78 Å². The van der Waals surface area contributed by atoms with Crippen LogP contribution in [-0.4, -0.2) is 48.4 Å². The molecule has 0 aliphatic rings. The number of carbonyl (C=O) groups excluding carboxylic acids is 2. The lowest BCUT2D eigenvalue weighted by Crippen LogP contribution is -2.49. The number of aliphatic hydroxyl groups excluding tert-OH is 2. The second-order valence-corrected chi connectivity index (χ2v) is 12.5. The number of alkyl halides is 2. The molecule has 146 valence electrons. The van der Waals surface area contributed by atoms with E-state index >= 15 is 0 Å². The third-order valence-corrected chi connectivity index (χ3v) is 8.92. The Kier molecular flexibility index (Phi) is 6.84. The lowest BCUT2D eigenvalue weighted by molar-refractivity contribution is -0.168. The molecule has 0 aliphatic heterocycles. The van der Waals surface area contributed by atoms with Crippen molar-refractivity contribution < 1.29 is 33.0 Å². The summed E-state index contributed by atoms with van der Waals surface area (Å²) in [6, 6.07) is 7.50. The highest BCUT2D eigenvalue weighted by Crippen LogP contribution is 2.38. The van der Waals surface area contributed by atoms with E-state index in [0.717, 1.165) is 0 Å². The number of aliphatic hydroxyl groups is 2. The van der Waals surface area contributed by atoms with E-state index in [1.165, 1.54) is 24.3 Å². The number of hydrogen-bond acceptors (Lipinski definition) is 5. The van der Waals surface area contributed by atoms with Crippen molar-refractivity contribution in [3.63, 3.8) is 0 Å². The number of carbonyl (C=O) groups is 2. The van der Waals surface area contributed by atoms with Gasteiger partial charge in [-0.3, -0.25) is 4.79 Å². The Labute approximate surface area is 153 Å². The maximum absolute atomic E-state index is 14.2. The highest BCUT2D eigenvalue weighted by atomic mass is 28.4. The number of Topliss-reactive ketones (excluding diaryl/α,β-unsaturated/α-hetero) is 1. The molecule has 0 heterocycles. The third kappa shape index (κ3) is 5.42. The first-order valence-corrected chi connectivity index (χ1v) is 11.2. The summed E-state index contributed by atoms with van der Waals surface area (Å²) in [5.41, 5.74) is 0.0752. The number of benzene rings is 1. The minimum absolute atomic E-state index is 0.0752. The van der Waals surface area contributed by atoms with Gasteiger partial charge in [-0.15, -0.1) is 0 Å². The van der Waals surface area contributed by atoms with Crippen molar-refractivity contribution in [3.8, 4) is 0 Å². The van der Waals surface area contributed by atoms with Gasteiger partial charge in [-0.05, 0) is 18.1 Å². The minimum atomic E-state index is -4.02. The smallest absolute Gasteiger partial charge is 0.363 e. The molecule has 1 aromatic rings. The Balaban J connectivity index is 2.81. The number of rotatable bonds is 7. The zero-order chi connectivity index (χ0) is 20.3. The molecule has 1 aromatic carbocycles. The van der Waals surface area contributed by atoms with Crippen LogP contribution in [0.2, 0.25) is 18.1 Å². The van der Waals surface area contributed by atoms with E-state index in [9.17, 15) is 28.6 Å². The molecule has 0 saturated heterocycles. The Bertz CT molecular complexity index is 641. The number of halogens is 2. The van der Waals surface area contributed by atoms with Gasteiger partial charge in [0.2, 0.25) is 0 Å². The summed E-state index contributed by atoms with van der Waals surface area (Å²) >= 11 is 0. The Hall–Kier alpha value is -1.64. The van der Waals surface area contributed by atoms with Crippen LogP contribution in [0.3, 0.4) is 0 Å². The molecule has 2 N–H and O–H groups in total. The summed E-state index contributed by atoms with van der Waals surface area (Å²) in [6.45, 7) is 8.67. The maximum atomic E-state index is 14.2. The predicted octanol–water partition coefficient (Wildman–Crippen LogP) is 3.16. The minimum Gasteiger partial charge on any atom is -0.515 e. The van der Waals surface area contributed by atoms with Gasteiger partial charge in [0, 0.05) is 5.56 Å². The highest BCUT2D eigenvalue weighted by molar-refractivity contribution is 6.75. The van der Waals surface area contributed by atoms with Crippen molar-refractivity contribution in [1.82, 2.24) is 0 Å². The Morgan fingerprint density at radius 1 is 1.12 bits per heavy atom. The molecular formula is C18H26F2O5Si. The predicted molar refractivity (Wildman–Crippen MR) is 95.6 cm³/mol. The number of ketones is 1. The average molecular weight is 388 g/mol. The first-order valence-electron chi connectivity index (χ1n) is 8.26. The molecule has 1 rings (SSSR count). The van der Waals surface area contributed by atoms with Crippen LogP contribution >= 0.6 is 0 Å². The SMILES string of the molecule is CC(C)(C)[Si](C)(C)OC(=O)C(F)(F)C[C@H](O)C(O)C(=O)c1ccccc1. The van der Waals surface area contributed by atoms with Crippen molar-refractivity contribution in [3.05, 3.63) is 35.9 Å². The molecule has 0 radical (unpaired) electrons. The molecule has 2 atom stereocenters. The molecule has 0 spiro atoms. The Morgan fingerprint density at radius 2 is 1.62 bits per heavy atom. The molecule has 0 fully saturated rings. The molecule has 26 heavy (non-hydrogen) atoms. The average Bonchev–Trinajstić information content (AvgIpc) is 2.52. The molecule has 0 saturated carbocycles. The van der Waals surface area contributed by atoms with Gasteiger partial charge < -0.3 is 14.6 Å². The largest absolute Gasteiger partial charge is 0.515 e. The normalized spacial score (nSPS) is 15.3. The summed E-state index contributed by atoms with van der Waals surface area (Å²) in [4.78, 5) is 23.9. The highest BCUT2D eigenvalue weighted by Gasteiger charge is 2.49. The van der Waals surface area contributed by atoms with Crippen LogP contribution in [0.5, 0.6) is 0 Å². The van der Waals surface area contributed by atoms with Crippen molar-refractivity contribution in [2.75, 3.05) is 0 Å². The fourth-order valence-electron chi connectivity index (χ4n) is 1.87. The second-order valence-electron chi connectivity index (χ2n) is 7.80. The molecule has 8 heteroatoms. The fraction of sp³-hybridized carbons (Fsp3) is 0.556. The molecule has 0 aliphatic carbocycles. The van der Waals surface area contributed by atoms with Crippen LogP contribution in [0.4, 0.5) is 8.78 Å². The third-order valence-electron chi connectivity index (χ3n) is 4.61. The quantitative estimate of drug-likeness (QED) is 0.554. The molecule has 1 unspecified atom stereocenters. The molecule has 0 bridgehead atoms. The lowest BCUT2D eigenvalue weighted by atomic mass is 9.98. The monoisotopic (exact) mass is 388 g/mol. The van der Waals surface area contributed by atoms with E-state index in [1.54, 1.807) is 39.9 Å². The number of hydrogen-bond donors (Lipinski definition) is 2. The summed E-state index contributed by atoms with van der Waals surface area (Å²) in [6.07, 6.45) is -5.58. The van der Waals surface area contributed by atoms with Gasteiger partial charge in [0.15, 0.2) is 5.78 Å². The van der Waals surface area contributed by atoms with E-state index < -0.39 is 49.7 Å². The van der Waals surface area contributed by atoms with Crippen LogP contribution in [0, 0.1) is 0 Å². The van der Waals surface area contributed by atoms with Gasteiger partial charge in [-0.25, -0.2) is 4.79 Å². The van der Waals surface area contributed by atoms with E-state index in [-0.39, 0.29) is 5.56 Å². The topological polar surface area (TPSA) is 83.8 Å². The molecular weight excluding hydrogens is 362 g/mol. The molecule has 5 nitrogen and oxygen atoms in total. The van der Waals surface area contributed by atoms with E-state index in [2.05, 4.69) is 0 Å². The van der Waals surface area contributed by atoms with Gasteiger partial charge in [0.25, 0.3) is 8.32 Å². The second kappa shape index (κ2) is 7.94. The van der Waals surface area contributed by atoms with Crippen molar-refractivity contribution in [2.24, 2.45) is 0 Å². The standard InChI is InChI=1S/C18H26F2O5Si/c1-17(2,3)26(4,5)25-16(24)18(19,20)11-13(21)15(23)14(22)12-9-7-6-8-10-12/h6-10,13,15,21,23H,11H2,1-5H3/t13-,15?/m0/s1. The summed E-state index contributed by atoms with van der Waals surface area (Å²) in [7, 11) is -2.77. The fourth-order valence-corrected chi connectivity index (χ4v) is 2.78. The summed E-state index contributed by atoms with van der Waals surface area (Å²) in [5, 5.41) is 19.3. The van der Waals surface area contributed by atoms with Crippen molar-refractivity contribution in [2.45, 2.75) is 63.5 Å². The Morgan fingerprint density at radius 3 is 2.08 bits per heavy atom. The van der Waals surface area contributed by atoms with Gasteiger partial charge >= 0.3 is 11.9 Å². The van der Waals surface area contributed by atoms with Crippen molar-refractivity contribution >= 4 is 20.1 Å². The molecule has 0 amide bonds. The summed E-state index contributed by atoms with van der Waals surface area (Å²) < 4.78 is 33.4. The van der Waals surface area contributed by atoms with Gasteiger partial charge in [0.1, 0.15) is 6.10 Å². The van der Waals surface area contributed by atoms with Crippen LogP contribution in [0.1, 0.15) is 37.6 Å².